The molecule has 0 fully saturated rings. The average Bonchev–Trinajstić information content (AvgIpc) is 2.62. The number of benzene rings is 2. The molecular weight excluding hydrogens is 336 g/mol. The van der Waals surface area contributed by atoms with Gasteiger partial charge in [0.15, 0.2) is 0 Å². The molecule has 5 heteroatoms. The minimum atomic E-state index is -0.510. The van der Waals surface area contributed by atoms with Crippen molar-refractivity contribution in [2.24, 2.45) is 5.16 Å². The van der Waals surface area contributed by atoms with Crippen LogP contribution in [0.4, 0.5) is 5.69 Å². The minimum absolute atomic E-state index is 0.390. The van der Waals surface area contributed by atoms with Gasteiger partial charge in [0.1, 0.15) is 0 Å². The largest absolute Gasteiger partial charge is 0.371 e. The fourth-order valence-electron chi connectivity index (χ4n) is 3.71. The van der Waals surface area contributed by atoms with E-state index in [9.17, 15) is 4.79 Å². The summed E-state index contributed by atoms with van der Waals surface area (Å²) in [6.07, 6.45) is 6.20. The average molecular weight is 355 g/mol. The molecule has 2 aliphatic heterocycles. The molecule has 0 unspecified atom stereocenters. The molecule has 2 aliphatic rings. The first-order valence-electron chi connectivity index (χ1n) is 8.62. The Morgan fingerprint density at radius 3 is 2.52 bits per heavy atom. The van der Waals surface area contributed by atoms with Gasteiger partial charge in [-0.15, -0.1) is 0 Å². The highest BCUT2D eigenvalue weighted by Crippen LogP contribution is 2.35. The Morgan fingerprint density at radius 2 is 1.84 bits per heavy atom. The SMILES string of the molecule is O=C(O/N=C/c1cc2c3c(c1)CCCN3CCC2)c1cccc(Cl)c1. The molecule has 0 bridgehead atoms. The summed E-state index contributed by atoms with van der Waals surface area (Å²) in [6, 6.07) is 11.0. The number of carbonyl (C=O) groups is 1. The predicted octanol–water partition coefficient (Wildman–Crippen LogP) is 4.23. The minimum Gasteiger partial charge on any atom is -0.371 e. The molecule has 0 saturated heterocycles. The Hall–Kier alpha value is -2.33. The van der Waals surface area contributed by atoms with Crippen molar-refractivity contribution in [2.45, 2.75) is 25.7 Å². The van der Waals surface area contributed by atoms with Gasteiger partial charge in [0.25, 0.3) is 0 Å². The lowest BCUT2D eigenvalue weighted by Gasteiger charge is -2.37. The van der Waals surface area contributed by atoms with Crippen molar-refractivity contribution in [3.8, 4) is 0 Å². The standard InChI is InChI=1S/C20H19ClN2O2/c21-18-7-1-4-17(12-18)20(24)25-22-13-14-10-15-5-2-8-23-9-3-6-16(11-14)19(15)23/h1,4,7,10-13H,2-3,5-6,8-9H2/b22-13+. The molecule has 0 spiro atoms. The number of halogens is 1. The van der Waals surface area contributed by atoms with Gasteiger partial charge in [-0.25, -0.2) is 4.79 Å². The van der Waals surface area contributed by atoms with Crippen LogP contribution in [0.5, 0.6) is 0 Å². The fraction of sp³-hybridized carbons (Fsp3) is 0.300. The second-order valence-electron chi connectivity index (χ2n) is 6.51. The monoisotopic (exact) mass is 354 g/mol. The van der Waals surface area contributed by atoms with E-state index < -0.39 is 5.97 Å². The van der Waals surface area contributed by atoms with E-state index in [-0.39, 0.29) is 0 Å². The van der Waals surface area contributed by atoms with E-state index in [0.717, 1.165) is 31.5 Å². The van der Waals surface area contributed by atoms with Gasteiger partial charge in [0.2, 0.25) is 0 Å². The Morgan fingerprint density at radius 1 is 1.12 bits per heavy atom. The number of aryl methyl sites for hydroxylation is 2. The van der Waals surface area contributed by atoms with Gasteiger partial charge in [-0.1, -0.05) is 22.8 Å². The molecule has 0 amide bonds. The van der Waals surface area contributed by atoms with Gasteiger partial charge in [-0.3, -0.25) is 0 Å². The zero-order valence-corrected chi connectivity index (χ0v) is 14.6. The van der Waals surface area contributed by atoms with Gasteiger partial charge in [0, 0.05) is 23.8 Å². The molecule has 0 radical (unpaired) electrons. The maximum atomic E-state index is 12.0. The fourth-order valence-corrected chi connectivity index (χ4v) is 3.90. The highest BCUT2D eigenvalue weighted by molar-refractivity contribution is 6.30. The van der Waals surface area contributed by atoms with Crippen LogP contribution >= 0.6 is 11.6 Å². The van der Waals surface area contributed by atoms with Crippen LogP contribution in [-0.2, 0) is 17.7 Å². The first-order chi connectivity index (χ1) is 12.2. The summed E-state index contributed by atoms with van der Waals surface area (Å²) in [6.45, 7) is 2.31. The summed E-state index contributed by atoms with van der Waals surface area (Å²) in [4.78, 5) is 19.5. The van der Waals surface area contributed by atoms with Crippen LogP contribution < -0.4 is 4.90 Å². The van der Waals surface area contributed by atoms with Gasteiger partial charge in [-0.05, 0) is 72.7 Å². The van der Waals surface area contributed by atoms with Gasteiger partial charge >= 0.3 is 5.97 Å². The Bertz CT molecular complexity index is 816. The molecule has 2 aromatic carbocycles. The number of carbonyl (C=O) groups excluding carboxylic acids is 1. The number of anilines is 1. The number of rotatable bonds is 3. The van der Waals surface area contributed by atoms with Crippen LogP contribution in [0.25, 0.3) is 0 Å². The molecule has 0 atom stereocenters. The van der Waals surface area contributed by atoms with Crippen molar-refractivity contribution in [2.75, 3.05) is 18.0 Å². The summed E-state index contributed by atoms with van der Waals surface area (Å²) in [5.41, 5.74) is 5.56. The molecule has 4 rings (SSSR count). The van der Waals surface area contributed by atoms with E-state index in [1.54, 1.807) is 30.5 Å². The maximum Gasteiger partial charge on any atom is 0.365 e. The molecule has 0 aliphatic carbocycles. The number of hydrogen-bond donors (Lipinski definition) is 0. The molecule has 2 heterocycles. The quantitative estimate of drug-likeness (QED) is 0.470. The highest BCUT2D eigenvalue weighted by Gasteiger charge is 2.23. The van der Waals surface area contributed by atoms with Crippen molar-refractivity contribution in [3.05, 3.63) is 63.7 Å². The van der Waals surface area contributed by atoms with Gasteiger partial charge in [0.05, 0.1) is 11.8 Å². The zero-order chi connectivity index (χ0) is 17.2. The predicted molar refractivity (Wildman–Crippen MR) is 99.8 cm³/mol. The topological polar surface area (TPSA) is 41.9 Å². The van der Waals surface area contributed by atoms with Crippen molar-refractivity contribution < 1.29 is 9.63 Å². The molecule has 0 saturated carbocycles. The van der Waals surface area contributed by atoms with Crippen LogP contribution in [0.15, 0.2) is 41.6 Å². The molecule has 2 aromatic rings. The van der Waals surface area contributed by atoms with E-state index in [2.05, 4.69) is 22.2 Å². The summed E-state index contributed by atoms with van der Waals surface area (Å²) in [5.74, 6) is -0.510. The summed E-state index contributed by atoms with van der Waals surface area (Å²) >= 11 is 5.89. The molecule has 0 N–H and O–H groups in total. The second kappa shape index (κ2) is 6.89. The Kier molecular flexibility index (Phi) is 4.45. The smallest absolute Gasteiger partial charge is 0.365 e. The van der Waals surface area contributed by atoms with Crippen LogP contribution in [0.3, 0.4) is 0 Å². The van der Waals surface area contributed by atoms with Crippen LogP contribution in [0.1, 0.15) is 39.9 Å². The lowest BCUT2D eigenvalue weighted by atomic mass is 9.90. The normalized spacial score (nSPS) is 16.0. The second-order valence-corrected chi connectivity index (χ2v) is 6.94. The summed E-state index contributed by atoms with van der Waals surface area (Å²) in [5, 5.41) is 4.37. The van der Waals surface area contributed by atoms with Crippen molar-refractivity contribution in [1.29, 1.82) is 0 Å². The molecule has 0 aromatic heterocycles. The van der Waals surface area contributed by atoms with Crippen LogP contribution in [-0.4, -0.2) is 25.3 Å². The first kappa shape index (κ1) is 16.2. The van der Waals surface area contributed by atoms with Crippen LogP contribution in [0, 0.1) is 0 Å². The van der Waals surface area contributed by atoms with E-state index >= 15 is 0 Å². The number of oxime groups is 1. The highest BCUT2D eigenvalue weighted by atomic mass is 35.5. The number of hydrogen-bond acceptors (Lipinski definition) is 4. The maximum absolute atomic E-state index is 12.0. The Labute approximate surface area is 152 Å². The van der Waals surface area contributed by atoms with Crippen LogP contribution in [0.2, 0.25) is 5.02 Å². The van der Waals surface area contributed by atoms with Crippen molar-refractivity contribution >= 4 is 29.5 Å². The third-order valence-corrected chi connectivity index (χ3v) is 4.99. The summed E-state index contributed by atoms with van der Waals surface area (Å²) < 4.78 is 0. The molecule has 25 heavy (non-hydrogen) atoms. The van der Waals surface area contributed by atoms with E-state index in [4.69, 9.17) is 16.4 Å². The van der Waals surface area contributed by atoms with E-state index in [1.807, 2.05) is 0 Å². The lowest BCUT2D eigenvalue weighted by Crippen LogP contribution is -2.34. The number of nitrogens with zero attached hydrogens (tertiary/aromatic N) is 2. The third-order valence-electron chi connectivity index (χ3n) is 4.75. The lowest BCUT2D eigenvalue weighted by molar-refractivity contribution is 0.0519. The molecule has 128 valence electrons. The van der Waals surface area contributed by atoms with Gasteiger partial charge < -0.3 is 9.74 Å². The molecule has 4 nitrogen and oxygen atoms in total. The third kappa shape index (κ3) is 3.40. The Balaban J connectivity index is 1.51. The van der Waals surface area contributed by atoms with Crippen molar-refractivity contribution in [1.82, 2.24) is 0 Å². The molecular formula is C20H19ClN2O2. The first-order valence-corrected chi connectivity index (χ1v) is 8.99. The zero-order valence-electron chi connectivity index (χ0n) is 13.9. The summed E-state index contributed by atoms with van der Waals surface area (Å²) in [7, 11) is 0. The van der Waals surface area contributed by atoms with E-state index in [1.165, 1.54) is 29.7 Å². The van der Waals surface area contributed by atoms with Crippen molar-refractivity contribution in [3.63, 3.8) is 0 Å². The van der Waals surface area contributed by atoms with E-state index in [0.29, 0.717) is 10.6 Å². The van der Waals surface area contributed by atoms with Gasteiger partial charge in [-0.2, -0.15) is 0 Å².